The van der Waals surface area contributed by atoms with Crippen LogP contribution in [0, 0.1) is 0 Å². The van der Waals surface area contributed by atoms with E-state index in [1.807, 2.05) is 19.9 Å². The van der Waals surface area contributed by atoms with Gasteiger partial charge in [0, 0.05) is 6.54 Å². The number of nitrogens with one attached hydrogen (secondary N) is 1. The Bertz CT molecular complexity index is 81.0. The molecule has 2 N–H and O–H groups in total. The maximum absolute atomic E-state index is 9.03. The van der Waals surface area contributed by atoms with Crippen molar-refractivity contribution in [2.45, 2.75) is 20.0 Å². The third-order valence-electron chi connectivity index (χ3n) is 1.02. The lowest BCUT2D eigenvalue weighted by Gasteiger charge is -2.03. The fourth-order valence-corrected chi connectivity index (χ4v) is 0.582. The van der Waals surface area contributed by atoms with Gasteiger partial charge in [-0.15, -0.1) is 0 Å². The van der Waals surface area contributed by atoms with Crippen molar-refractivity contribution in [1.29, 1.82) is 0 Å². The van der Waals surface area contributed by atoms with E-state index in [-0.39, 0.29) is 6.10 Å². The molecule has 0 saturated heterocycles. The van der Waals surface area contributed by atoms with Crippen LogP contribution in [-0.4, -0.2) is 24.3 Å². The van der Waals surface area contributed by atoms with Crippen LogP contribution in [0.15, 0.2) is 12.2 Å². The summed E-state index contributed by atoms with van der Waals surface area (Å²) in [4.78, 5) is 0. The van der Waals surface area contributed by atoms with Crippen molar-refractivity contribution in [2.75, 3.05) is 13.1 Å². The van der Waals surface area contributed by atoms with Gasteiger partial charge in [-0.3, -0.25) is 0 Å². The van der Waals surface area contributed by atoms with Gasteiger partial charge >= 0.3 is 0 Å². The minimum atomic E-state index is -0.324. The van der Waals surface area contributed by atoms with Gasteiger partial charge in [-0.2, -0.15) is 0 Å². The van der Waals surface area contributed by atoms with Gasteiger partial charge in [0.1, 0.15) is 0 Å². The van der Waals surface area contributed by atoms with E-state index in [0.717, 1.165) is 6.54 Å². The van der Waals surface area contributed by atoms with Crippen LogP contribution in [0.1, 0.15) is 13.8 Å². The van der Waals surface area contributed by atoms with Gasteiger partial charge in [-0.05, 0) is 13.5 Å². The van der Waals surface area contributed by atoms with Crippen molar-refractivity contribution in [1.82, 2.24) is 5.32 Å². The monoisotopic (exact) mass is 129 g/mol. The number of allylic oxidation sites excluding steroid dienone is 1. The second-order valence-electron chi connectivity index (χ2n) is 1.90. The highest BCUT2D eigenvalue weighted by molar-refractivity contribution is 4.86. The first kappa shape index (κ1) is 8.66. The lowest BCUT2D eigenvalue weighted by molar-refractivity contribution is 0.220. The maximum atomic E-state index is 9.03. The molecule has 2 nitrogen and oxygen atoms in total. The molecule has 0 bridgehead atoms. The molecule has 0 heterocycles. The first-order valence-corrected chi connectivity index (χ1v) is 3.32. The average Bonchev–Trinajstić information content (AvgIpc) is 1.85. The molecule has 0 rings (SSSR count). The molecule has 54 valence electrons. The summed E-state index contributed by atoms with van der Waals surface area (Å²) in [5, 5.41) is 12.1. The molecule has 0 radical (unpaired) electrons. The minimum Gasteiger partial charge on any atom is -0.388 e. The van der Waals surface area contributed by atoms with E-state index in [1.165, 1.54) is 0 Å². The van der Waals surface area contributed by atoms with Crippen LogP contribution >= 0.6 is 0 Å². The zero-order valence-electron chi connectivity index (χ0n) is 6.09. The molecule has 0 aromatic rings. The van der Waals surface area contributed by atoms with Crippen molar-refractivity contribution in [2.24, 2.45) is 0 Å². The van der Waals surface area contributed by atoms with Gasteiger partial charge in [-0.1, -0.05) is 19.1 Å². The summed E-state index contributed by atoms with van der Waals surface area (Å²) in [6, 6.07) is 0. The normalized spacial score (nSPS) is 14.6. The quantitative estimate of drug-likeness (QED) is 0.543. The molecule has 0 aromatic carbocycles. The number of hydrogen-bond donors (Lipinski definition) is 2. The minimum absolute atomic E-state index is 0.324. The average molecular weight is 129 g/mol. The van der Waals surface area contributed by atoms with Crippen molar-refractivity contribution in [3.63, 3.8) is 0 Å². The summed E-state index contributed by atoms with van der Waals surface area (Å²) in [6.45, 7) is 5.48. The fourth-order valence-electron chi connectivity index (χ4n) is 0.582. The van der Waals surface area contributed by atoms with E-state index < -0.39 is 0 Å². The molecule has 1 unspecified atom stereocenters. The predicted molar refractivity (Wildman–Crippen MR) is 39.4 cm³/mol. The smallest absolute Gasteiger partial charge is 0.0845 e. The van der Waals surface area contributed by atoms with E-state index in [4.69, 9.17) is 5.11 Å². The van der Waals surface area contributed by atoms with Crippen LogP contribution in [0.4, 0.5) is 0 Å². The molecule has 1 atom stereocenters. The highest BCUT2D eigenvalue weighted by Crippen LogP contribution is 1.81. The van der Waals surface area contributed by atoms with Crippen molar-refractivity contribution >= 4 is 0 Å². The summed E-state index contributed by atoms with van der Waals surface area (Å²) in [5.41, 5.74) is 0. The van der Waals surface area contributed by atoms with E-state index in [9.17, 15) is 0 Å². The Kier molecular flexibility index (Phi) is 5.57. The molecule has 9 heavy (non-hydrogen) atoms. The van der Waals surface area contributed by atoms with E-state index in [2.05, 4.69) is 5.32 Å². The van der Waals surface area contributed by atoms with Gasteiger partial charge in [0.2, 0.25) is 0 Å². The highest BCUT2D eigenvalue weighted by atomic mass is 16.3. The number of aliphatic hydroxyl groups is 1. The zero-order valence-corrected chi connectivity index (χ0v) is 6.09. The molecule has 0 aromatic heterocycles. The Hall–Kier alpha value is -0.340. The van der Waals surface area contributed by atoms with Crippen molar-refractivity contribution in [3.8, 4) is 0 Å². The summed E-state index contributed by atoms with van der Waals surface area (Å²) in [7, 11) is 0. The molecule has 2 heteroatoms. The number of rotatable bonds is 4. The largest absolute Gasteiger partial charge is 0.388 e. The van der Waals surface area contributed by atoms with Gasteiger partial charge in [-0.25, -0.2) is 0 Å². The Balaban J connectivity index is 3.15. The third kappa shape index (κ3) is 5.53. The summed E-state index contributed by atoms with van der Waals surface area (Å²) < 4.78 is 0. The van der Waals surface area contributed by atoms with Crippen LogP contribution < -0.4 is 5.32 Å². The molecule has 0 aliphatic heterocycles. The molecular weight excluding hydrogens is 114 g/mol. The van der Waals surface area contributed by atoms with Crippen LogP contribution in [0.25, 0.3) is 0 Å². The van der Waals surface area contributed by atoms with Crippen LogP contribution in [0.3, 0.4) is 0 Å². The molecule has 0 aliphatic rings. The van der Waals surface area contributed by atoms with Crippen molar-refractivity contribution in [3.05, 3.63) is 12.2 Å². The SMILES string of the molecule is CC=CC(O)CNCC. The zero-order chi connectivity index (χ0) is 7.11. The van der Waals surface area contributed by atoms with Gasteiger partial charge < -0.3 is 10.4 Å². The second kappa shape index (κ2) is 5.79. The number of aliphatic hydroxyl groups excluding tert-OH is 1. The lowest BCUT2D eigenvalue weighted by Crippen LogP contribution is -2.24. The fraction of sp³-hybridized carbons (Fsp3) is 0.714. The van der Waals surface area contributed by atoms with Gasteiger partial charge in [0.25, 0.3) is 0 Å². The molecule has 0 spiro atoms. The first-order valence-electron chi connectivity index (χ1n) is 3.32. The van der Waals surface area contributed by atoms with Gasteiger partial charge in [0.15, 0.2) is 0 Å². The van der Waals surface area contributed by atoms with E-state index >= 15 is 0 Å². The Morgan fingerprint density at radius 2 is 2.33 bits per heavy atom. The summed E-state index contributed by atoms with van der Waals surface area (Å²) >= 11 is 0. The highest BCUT2D eigenvalue weighted by Gasteiger charge is 1.93. The molecule has 0 fully saturated rings. The van der Waals surface area contributed by atoms with Crippen LogP contribution in [-0.2, 0) is 0 Å². The topological polar surface area (TPSA) is 32.3 Å². The molecule has 0 aliphatic carbocycles. The Labute approximate surface area is 56.6 Å². The number of likely N-dealkylation sites (N-methyl/N-ethyl adjacent to an activating group) is 1. The standard InChI is InChI=1S/C7H15NO/c1-3-5-7(9)6-8-4-2/h3,5,7-9H,4,6H2,1-2H3. The van der Waals surface area contributed by atoms with Crippen LogP contribution in [0.2, 0.25) is 0 Å². The molecule has 0 saturated carbocycles. The predicted octanol–water partition coefficient (Wildman–Crippen LogP) is 0.533. The summed E-state index contributed by atoms with van der Waals surface area (Å²) in [5.74, 6) is 0. The second-order valence-corrected chi connectivity index (χ2v) is 1.90. The van der Waals surface area contributed by atoms with Gasteiger partial charge in [0.05, 0.1) is 6.10 Å². The third-order valence-corrected chi connectivity index (χ3v) is 1.02. The van der Waals surface area contributed by atoms with E-state index in [0.29, 0.717) is 6.54 Å². The number of hydrogen-bond acceptors (Lipinski definition) is 2. The Morgan fingerprint density at radius 3 is 2.78 bits per heavy atom. The summed E-state index contributed by atoms with van der Waals surface area (Å²) in [6.07, 6.45) is 3.29. The first-order chi connectivity index (χ1) is 4.31. The van der Waals surface area contributed by atoms with E-state index in [1.54, 1.807) is 6.08 Å². The Morgan fingerprint density at radius 1 is 1.67 bits per heavy atom. The molecular formula is C7H15NO. The van der Waals surface area contributed by atoms with Crippen LogP contribution in [0.5, 0.6) is 0 Å². The lowest BCUT2D eigenvalue weighted by atomic mass is 10.3. The van der Waals surface area contributed by atoms with Crippen molar-refractivity contribution < 1.29 is 5.11 Å². The maximum Gasteiger partial charge on any atom is 0.0845 e. The molecule has 0 amide bonds.